The summed E-state index contributed by atoms with van der Waals surface area (Å²) < 4.78 is 0. The minimum Gasteiger partial charge on any atom is -0.478 e. The Kier molecular flexibility index (Phi) is 5.53. The third-order valence-corrected chi connectivity index (χ3v) is 2.49. The van der Waals surface area contributed by atoms with E-state index in [0.717, 1.165) is 6.08 Å². The van der Waals surface area contributed by atoms with Crippen LogP contribution in [0.15, 0.2) is 24.4 Å². The maximum Gasteiger partial charge on any atom is 0.328 e. The first-order valence-corrected chi connectivity index (χ1v) is 5.99. The Labute approximate surface area is 111 Å². The van der Waals surface area contributed by atoms with Gasteiger partial charge in [0.25, 0.3) is 0 Å². The Morgan fingerprint density at radius 3 is 2.53 bits per heavy atom. The van der Waals surface area contributed by atoms with Crippen molar-refractivity contribution in [1.29, 1.82) is 0 Å². The average Bonchev–Trinajstić information content (AvgIpc) is 2.39. The number of anilines is 1. The molecule has 2 N–H and O–H groups in total. The zero-order valence-electron chi connectivity index (χ0n) is 11.0. The lowest BCUT2D eigenvalue weighted by Crippen LogP contribution is -2.34. The van der Waals surface area contributed by atoms with E-state index >= 15 is 0 Å². The van der Waals surface area contributed by atoms with Crippen LogP contribution in [0.3, 0.4) is 0 Å². The summed E-state index contributed by atoms with van der Waals surface area (Å²) in [7, 11) is 0. The molecule has 1 aromatic rings. The first-order chi connectivity index (χ1) is 9.06. The number of nitrogens with zero attached hydrogens (tertiary/aromatic N) is 2. The second-order valence-electron chi connectivity index (χ2n) is 3.75. The number of urea groups is 1. The van der Waals surface area contributed by atoms with Gasteiger partial charge in [-0.3, -0.25) is 5.32 Å². The van der Waals surface area contributed by atoms with Crippen molar-refractivity contribution < 1.29 is 14.7 Å². The molecule has 0 atom stereocenters. The second kappa shape index (κ2) is 7.15. The van der Waals surface area contributed by atoms with Crippen LogP contribution in [0.1, 0.15) is 19.4 Å². The molecule has 0 aromatic carbocycles. The number of carbonyl (C=O) groups excluding carboxylic acids is 1. The Bertz CT molecular complexity index is 465. The van der Waals surface area contributed by atoms with Crippen LogP contribution in [0, 0.1) is 0 Å². The van der Waals surface area contributed by atoms with Crippen molar-refractivity contribution in [3.63, 3.8) is 0 Å². The van der Waals surface area contributed by atoms with Gasteiger partial charge in [-0.1, -0.05) is 0 Å². The van der Waals surface area contributed by atoms with Crippen molar-refractivity contribution >= 4 is 23.9 Å². The third-order valence-electron chi connectivity index (χ3n) is 2.49. The molecule has 1 aromatic heterocycles. The van der Waals surface area contributed by atoms with Gasteiger partial charge in [0.2, 0.25) is 0 Å². The van der Waals surface area contributed by atoms with E-state index in [1.165, 1.54) is 12.3 Å². The normalized spacial score (nSPS) is 10.4. The quantitative estimate of drug-likeness (QED) is 0.796. The minimum atomic E-state index is -1.01. The SMILES string of the molecule is CCN(CC)C(=O)Nc1ccc(/C=C/C(=O)O)cn1. The fourth-order valence-corrected chi connectivity index (χ4v) is 1.44. The van der Waals surface area contributed by atoms with Gasteiger partial charge < -0.3 is 10.0 Å². The summed E-state index contributed by atoms with van der Waals surface area (Å²) in [6.45, 7) is 5.05. The van der Waals surface area contributed by atoms with Gasteiger partial charge in [-0.05, 0) is 37.6 Å². The fraction of sp³-hybridized carbons (Fsp3) is 0.308. The lowest BCUT2D eigenvalue weighted by Gasteiger charge is -2.18. The van der Waals surface area contributed by atoms with Gasteiger partial charge in [-0.25, -0.2) is 14.6 Å². The highest BCUT2D eigenvalue weighted by Gasteiger charge is 2.09. The van der Waals surface area contributed by atoms with Gasteiger partial charge in [0.1, 0.15) is 5.82 Å². The Morgan fingerprint density at radius 2 is 2.05 bits per heavy atom. The van der Waals surface area contributed by atoms with E-state index in [1.54, 1.807) is 17.0 Å². The molecule has 0 aliphatic rings. The van der Waals surface area contributed by atoms with Crippen LogP contribution in [-0.2, 0) is 4.79 Å². The van der Waals surface area contributed by atoms with E-state index in [2.05, 4.69) is 10.3 Å². The van der Waals surface area contributed by atoms with E-state index < -0.39 is 5.97 Å². The molecule has 0 fully saturated rings. The fourth-order valence-electron chi connectivity index (χ4n) is 1.44. The van der Waals surface area contributed by atoms with E-state index in [4.69, 9.17) is 5.11 Å². The third kappa shape index (κ3) is 4.79. The monoisotopic (exact) mass is 263 g/mol. The van der Waals surface area contributed by atoms with Gasteiger partial charge >= 0.3 is 12.0 Å². The van der Waals surface area contributed by atoms with Crippen molar-refractivity contribution in [2.45, 2.75) is 13.8 Å². The number of carboxylic acid groups (broad SMARTS) is 1. The molecule has 0 spiro atoms. The van der Waals surface area contributed by atoms with E-state index in [1.807, 2.05) is 13.8 Å². The summed E-state index contributed by atoms with van der Waals surface area (Å²) in [6, 6.07) is 3.11. The molecule has 0 bridgehead atoms. The van der Waals surface area contributed by atoms with E-state index in [9.17, 15) is 9.59 Å². The molecule has 0 aliphatic heterocycles. The molecule has 0 radical (unpaired) electrons. The molecule has 102 valence electrons. The molecule has 0 aliphatic carbocycles. The number of carbonyl (C=O) groups is 2. The highest BCUT2D eigenvalue weighted by Crippen LogP contribution is 2.07. The first-order valence-electron chi connectivity index (χ1n) is 5.99. The summed E-state index contributed by atoms with van der Waals surface area (Å²) >= 11 is 0. The summed E-state index contributed by atoms with van der Waals surface area (Å²) in [5, 5.41) is 11.2. The van der Waals surface area contributed by atoms with Gasteiger partial charge in [0, 0.05) is 25.4 Å². The molecular weight excluding hydrogens is 246 g/mol. The van der Waals surface area contributed by atoms with Crippen molar-refractivity contribution in [1.82, 2.24) is 9.88 Å². The molecule has 0 unspecified atom stereocenters. The number of aromatic nitrogens is 1. The second-order valence-corrected chi connectivity index (χ2v) is 3.75. The van der Waals surface area contributed by atoms with Crippen LogP contribution in [0.4, 0.5) is 10.6 Å². The van der Waals surface area contributed by atoms with Crippen LogP contribution in [-0.4, -0.2) is 40.1 Å². The summed E-state index contributed by atoms with van der Waals surface area (Å²) in [5.41, 5.74) is 0.656. The van der Waals surface area contributed by atoms with Crippen molar-refractivity contribution in [3.05, 3.63) is 30.0 Å². The predicted molar refractivity (Wildman–Crippen MR) is 72.8 cm³/mol. The van der Waals surface area contributed by atoms with Crippen LogP contribution in [0.5, 0.6) is 0 Å². The smallest absolute Gasteiger partial charge is 0.328 e. The number of carboxylic acids is 1. The highest BCUT2D eigenvalue weighted by molar-refractivity contribution is 5.88. The summed E-state index contributed by atoms with van der Waals surface area (Å²) in [6.07, 6.45) is 3.97. The van der Waals surface area contributed by atoms with Gasteiger partial charge in [-0.2, -0.15) is 0 Å². The number of pyridine rings is 1. The maximum absolute atomic E-state index is 11.8. The standard InChI is InChI=1S/C13H17N3O3/c1-3-16(4-2)13(19)15-11-7-5-10(9-14-11)6-8-12(17)18/h5-9H,3-4H2,1-2H3,(H,17,18)(H,14,15,19)/b8-6+. The predicted octanol–water partition coefficient (Wildman–Crippen LogP) is 2.05. The van der Waals surface area contributed by atoms with Crippen LogP contribution < -0.4 is 5.32 Å². The van der Waals surface area contributed by atoms with Crippen LogP contribution >= 0.6 is 0 Å². The topological polar surface area (TPSA) is 82.5 Å². The number of hydrogen-bond donors (Lipinski definition) is 2. The van der Waals surface area contributed by atoms with Crippen molar-refractivity contribution in [3.8, 4) is 0 Å². The molecular formula is C13H17N3O3. The largest absolute Gasteiger partial charge is 0.478 e. The first kappa shape index (κ1) is 14.7. The molecule has 0 saturated heterocycles. The Morgan fingerprint density at radius 1 is 1.37 bits per heavy atom. The number of amides is 2. The van der Waals surface area contributed by atoms with E-state index in [-0.39, 0.29) is 6.03 Å². The molecule has 6 nitrogen and oxygen atoms in total. The average molecular weight is 263 g/mol. The Hall–Kier alpha value is -2.37. The zero-order valence-corrected chi connectivity index (χ0v) is 11.0. The number of nitrogens with one attached hydrogen (secondary N) is 1. The van der Waals surface area contributed by atoms with Crippen LogP contribution in [0.25, 0.3) is 6.08 Å². The van der Waals surface area contributed by atoms with E-state index in [0.29, 0.717) is 24.5 Å². The molecule has 6 heteroatoms. The van der Waals surface area contributed by atoms with Crippen LogP contribution in [0.2, 0.25) is 0 Å². The van der Waals surface area contributed by atoms with Crippen molar-refractivity contribution in [2.24, 2.45) is 0 Å². The number of aliphatic carboxylic acids is 1. The summed E-state index contributed by atoms with van der Waals surface area (Å²) in [5.74, 6) is -0.580. The van der Waals surface area contributed by atoms with Crippen molar-refractivity contribution in [2.75, 3.05) is 18.4 Å². The molecule has 19 heavy (non-hydrogen) atoms. The number of rotatable bonds is 5. The van der Waals surface area contributed by atoms with Gasteiger partial charge in [-0.15, -0.1) is 0 Å². The minimum absolute atomic E-state index is 0.202. The van der Waals surface area contributed by atoms with Gasteiger partial charge in [0.05, 0.1) is 0 Å². The number of hydrogen-bond acceptors (Lipinski definition) is 3. The Balaban J connectivity index is 2.66. The van der Waals surface area contributed by atoms with Gasteiger partial charge in [0.15, 0.2) is 0 Å². The lowest BCUT2D eigenvalue weighted by atomic mass is 10.2. The molecule has 2 amide bonds. The molecule has 1 rings (SSSR count). The molecule has 1 heterocycles. The maximum atomic E-state index is 11.8. The zero-order chi connectivity index (χ0) is 14.3. The lowest BCUT2D eigenvalue weighted by molar-refractivity contribution is -0.131. The highest BCUT2D eigenvalue weighted by atomic mass is 16.4. The summed E-state index contributed by atoms with van der Waals surface area (Å²) in [4.78, 5) is 27.8. The molecule has 0 saturated carbocycles.